The molecule has 0 saturated carbocycles. The van der Waals surface area contributed by atoms with Crippen molar-refractivity contribution in [2.45, 2.75) is 6.04 Å². The first-order valence-corrected chi connectivity index (χ1v) is 5.16. The van der Waals surface area contributed by atoms with Crippen molar-refractivity contribution >= 4 is 18.5 Å². The Labute approximate surface area is 104 Å². The molecule has 2 aliphatic heterocycles. The first-order valence-electron chi connectivity index (χ1n) is 5.16. The molecule has 0 aliphatic carbocycles. The number of hydrogen-bond donors (Lipinski definition) is 1. The second-order valence-corrected chi connectivity index (χ2v) is 3.67. The van der Waals surface area contributed by atoms with Gasteiger partial charge in [-0.25, -0.2) is 4.79 Å². The maximum Gasteiger partial charge on any atom is 0.407 e. The lowest BCUT2D eigenvalue weighted by Crippen LogP contribution is -2.22. The average Bonchev–Trinajstić information content (AvgIpc) is 2.75. The summed E-state index contributed by atoms with van der Waals surface area (Å²) in [7, 11) is 0. The smallest absolute Gasteiger partial charge is 0.407 e. The minimum atomic E-state index is -0.390. The topological polar surface area (TPSA) is 56.8 Å². The molecule has 0 radical (unpaired) electrons. The molecule has 92 valence electrons. The number of ether oxygens (including phenoxy) is 3. The zero-order chi connectivity index (χ0) is 11.0. The van der Waals surface area contributed by atoms with E-state index in [2.05, 4.69) is 5.32 Å². The number of rotatable bonds is 1. The lowest BCUT2D eigenvalue weighted by atomic mass is 10.1. The van der Waals surface area contributed by atoms with E-state index in [0.717, 1.165) is 11.3 Å². The molecule has 1 aromatic carbocycles. The highest BCUT2D eigenvalue weighted by Crippen LogP contribution is 2.37. The lowest BCUT2D eigenvalue weighted by molar-refractivity contribution is 0.167. The lowest BCUT2D eigenvalue weighted by Gasteiger charge is -2.22. The summed E-state index contributed by atoms with van der Waals surface area (Å²) in [4.78, 5) is 11.0. The number of para-hydroxylation sites is 1. The minimum absolute atomic E-state index is 0. The molecule has 1 atom stereocenters. The molecule has 2 heterocycles. The normalized spacial score (nSPS) is 21.2. The zero-order valence-corrected chi connectivity index (χ0v) is 9.79. The van der Waals surface area contributed by atoms with Gasteiger partial charge < -0.3 is 19.5 Å². The maximum absolute atomic E-state index is 11.0. The van der Waals surface area contributed by atoms with Crippen LogP contribution in [0.5, 0.6) is 11.5 Å². The number of cyclic esters (lactones) is 1. The van der Waals surface area contributed by atoms with Crippen LogP contribution >= 0.6 is 12.4 Å². The summed E-state index contributed by atoms with van der Waals surface area (Å²) in [5.41, 5.74) is 0.906. The fourth-order valence-corrected chi connectivity index (χ4v) is 1.92. The van der Waals surface area contributed by atoms with Crippen LogP contribution in [0.4, 0.5) is 4.79 Å². The van der Waals surface area contributed by atoms with Crippen LogP contribution < -0.4 is 14.8 Å². The highest BCUT2D eigenvalue weighted by Gasteiger charge is 2.28. The first kappa shape index (κ1) is 11.9. The molecule has 2 aliphatic rings. The third-order valence-corrected chi connectivity index (χ3v) is 2.65. The van der Waals surface area contributed by atoms with Crippen molar-refractivity contribution in [2.24, 2.45) is 0 Å². The first-order chi connectivity index (χ1) is 7.84. The third-order valence-electron chi connectivity index (χ3n) is 2.65. The van der Waals surface area contributed by atoms with Crippen molar-refractivity contribution < 1.29 is 19.0 Å². The Morgan fingerprint density at radius 3 is 2.76 bits per heavy atom. The predicted octanol–water partition coefficient (Wildman–Crippen LogP) is 1.66. The summed E-state index contributed by atoms with van der Waals surface area (Å²) in [6.07, 6.45) is -0.390. The molecule has 1 aromatic rings. The quantitative estimate of drug-likeness (QED) is 0.831. The van der Waals surface area contributed by atoms with Gasteiger partial charge in [0.05, 0.1) is 6.04 Å². The Morgan fingerprint density at radius 1 is 1.18 bits per heavy atom. The van der Waals surface area contributed by atoms with Crippen LogP contribution in [-0.4, -0.2) is 25.9 Å². The Kier molecular flexibility index (Phi) is 3.28. The van der Waals surface area contributed by atoms with Crippen molar-refractivity contribution in [1.82, 2.24) is 5.32 Å². The number of alkyl carbamates (subject to hydrolysis) is 1. The summed E-state index contributed by atoms with van der Waals surface area (Å²) in [6, 6.07) is 5.50. The van der Waals surface area contributed by atoms with Crippen LogP contribution in [0.15, 0.2) is 18.2 Å². The van der Waals surface area contributed by atoms with E-state index in [9.17, 15) is 4.79 Å². The standard InChI is InChI=1S/C11H11NO4.ClH/c13-11-12-8(6-16-11)7-2-1-3-9-10(7)15-5-4-14-9;/h1-3,8H,4-6H2,(H,12,13);1H/t8-;/m0./s1. The van der Waals surface area contributed by atoms with Gasteiger partial charge in [-0.2, -0.15) is 0 Å². The predicted molar refractivity (Wildman–Crippen MR) is 61.9 cm³/mol. The maximum atomic E-state index is 11.0. The van der Waals surface area contributed by atoms with Gasteiger partial charge in [0.1, 0.15) is 19.8 Å². The number of fused-ring (bicyclic) bond motifs is 1. The van der Waals surface area contributed by atoms with Gasteiger partial charge in [0.25, 0.3) is 0 Å². The summed E-state index contributed by atoms with van der Waals surface area (Å²) in [5.74, 6) is 1.44. The van der Waals surface area contributed by atoms with Crippen LogP contribution in [0, 0.1) is 0 Å². The Bertz CT molecular complexity index is 437. The largest absolute Gasteiger partial charge is 0.486 e. The van der Waals surface area contributed by atoms with Gasteiger partial charge >= 0.3 is 6.09 Å². The van der Waals surface area contributed by atoms with Crippen molar-refractivity contribution in [2.75, 3.05) is 19.8 Å². The van der Waals surface area contributed by atoms with E-state index in [0.29, 0.717) is 25.6 Å². The molecule has 0 unspecified atom stereocenters. The van der Waals surface area contributed by atoms with E-state index >= 15 is 0 Å². The Morgan fingerprint density at radius 2 is 2.00 bits per heavy atom. The number of halogens is 1. The number of carbonyl (C=O) groups is 1. The van der Waals surface area contributed by atoms with Crippen molar-refractivity contribution in [3.63, 3.8) is 0 Å². The molecule has 6 heteroatoms. The van der Waals surface area contributed by atoms with Gasteiger partial charge in [-0.05, 0) is 6.07 Å². The SMILES string of the molecule is Cl.O=C1N[C@H](c2cccc3c2OCCO3)CO1. The Balaban J connectivity index is 0.00000108. The van der Waals surface area contributed by atoms with Crippen LogP contribution in [0.3, 0.4) is 0 Å². The molecule has 5 nitrogen and oxygen atoms in total. The van der Waals surface area contributed by atoms with Gasteiger partial charge in [-0.15, -0.1) is 12.4 Å². The number of carbonyl (C=O) groups excluding carboxylic acids is 1. The highest BCUT2D eigenvalue weighted by molar-refractivity contribution is 5.85. The molecule has 0 aromatic heterocycles. The summed E-state index contributed by atoms with van der Waals surface area (Å²) >= 11 is 0. The fraction of sp³-hybridized carbons (Fsp3) is 0.364. The van der Waals surface area contributed by atoms with E-state index in [1.807, 2.05) is 18.2 Å². The number of hydrogen-bond acceptors (Lipinski definition) is 4. The van der Waals surface area contributed by atoms with E-state index in [1.165, 1.54) is 0 Å². The second-order valence-electron chi connectivity index (χ2n) is 3.67. The molecule has 3 rings (SSSR count). The van der Waals surface area contributed by atoms with Crippen LogP contribution in [0.2, 0.25) is 0 Å². The number of benzene rings is 1. The van der Waals surface area contributed by atoms with Crippen molar-refractivity contribution in [3.05, 3.63) is 23.8 Å². The number of nitrogens with one attached hydrogen (secondary N) is 1. The molecular weight excluding hydrogens is 246 g/mol. The summed E-state index contributed by atoms with van der Waals surface area (Å²) < 4.78 is 15.9. The molecule has 0 spiro atoms. The fourth-order valence-electron chi connectivity index (χ4n) is 1.92. The van der Waals surface area contributed by atoms with Crippen molar-refractivity contribution in [3.8, 4) is 11.5 Å². The molecule has 17 heavy (non-hydrogen) atoms. The average molecular weight is 258 g/mol. The van der Waals surface area contributed by atoms with Gasteiger partial charge in [0, 0.05) is 5.56 Å². The van der Waals surface area contributed by atoms with Crippen LogP contribution in [0.25, 0.3) is 0 Å². The van der Waals surface area contributed by atoms with Gasteiger partial charge in [0.15, 0.2) is 11.5 Å². The van der Waals surface area contributed by atoms with E-state index < -0.39 is 0 Å². The van der Waals surface area contributed by atoms with E-state index in [4.69, 9.17) is 14.2 Å². The minimum Gasteiger partial charge on any atom is -0.486 e. The van der Waals surface area contributed by atoms with E-state index in [-0.39, 0.29) is 24.5 Å². The second kappa shape index (κ2) is 4.71. The summed E-state index contributed by atoms with van der Waals surface area (Å²) in [6.45, 7) is 1.42. The number of amides is 1. The van der Waals surface area contributed by atoms with Gasteiger partial charge in [-0.3, -0.25) is 0 Å². The Hall–Kier alpha value is -1.62. The molecule has 1 fully saturated rings. The van der Waals surface area contributed by atoms with Crippen LogP contribution in [0.1, 0.15) is 11.6 Å². The molecule has 0 bridgehead atoms. The van der Waals surface area contributed by atoms with Gasteiger partial charge in [0.2, 0.25) is 0 Å². The zero-order valence-electron chi connectivity index (χ0n) is 8.97. The third kappa shape index (κ3) is 2.10. The molecule has 1 saturated heterocycles. The molecular formula is C11H12ClNO4. The monoisotopic (exact) mass is 257 g/mol. The molecule has 1 N–H and O–H groups in total. The van der Waals surface area contributed by atoms with Gasteiger partial charge in [-0.1, -0.05) is 12.1 Å². The van der Waals surface area contributed by atoms with Crippen LogP contribution in [-0.2, 0) is 4.74 Å². The highest BCUT2D eigenvalue weighted by atomic mass is 35.5. The van der Waals surface area contributed by atoms with E-state index in [1.54, 1.807) is 0 Å². The van der Waals surface area contributed by atoms with Crippen molar-refractivity contribution in [1.29, 1.82) is 0 Å². The molecule has 1 amide bonds. The summed E-state index contributed by atoms with van der Waals surface area (Å²) in [5, 5.41) is 2.72.